The van der Waals surface area contributed by atoms with Gasteiger partial charge in [0.1, 0.15) is 35.9 Å². The number of aliphatic hydroxyl groups excluding tert-OH is 1. The fourth-order valence-electron chi connectivity index (χ4n) is 4.60. The van der Waals surface area contributed by atoms with E-state index in [2.05, 4.69) is 19.6 Å². The first-order valence-corrected chi connectivity index (χ1v) is 13.2. The molecule has 0 spiro atoms. The molecule has 2 fully saturated rings. The summed E-state index contributed by atoms with van der Waals surface area (Å²) >= 11 is 0. The molecule has 2 aromatic carbocycles. The normalized spacial score (nSPS) is 22.2. The first-order valence-electron chi connectivity index (χ1n) is 11.4. The number of aromatic nitrogens is 2. The molecule has 1 aromatic heterocycles. The zero-order valence-electron chi connectivity index (χ0n) is 19.2. The molecule has 3 aromatic rings. The number of hydrogen-bond acceptors (Lipinski definition) is 8. The minimum atomic E-state index is -2.19. The van der Waals surface area contributed by atoms with Crippen molar-refractivity contribution in [3.63, 3.8) is 0 Å². The Morgan fingerprint density at radius 3 is 2.74 bits per heavy atom. The van der Waals surface area contributed by atoms with E-state index < -0.39 is 27.8 Å². The minimum Gasteiger partial charge on any atom is -0.484 e. The van der Waals surface area contributed by atoms with Crippen LogP contribution in [0.1, 0.15) is 18.4 Å². The molecule has 2 saturated heterocycles. The number of nitrogens with one attached hydrogen (secondary N) is 1. The van der Waals surface area contributed by atoms with E-state index in [1.165, 1.54) is 18.5 Å². The van der Waals surface area contributed by atoms with Crippen LogP contribution in [-0.4, -0.2) is 68.0 Å². The zero-order valence-corrected chi connectivity index (χ0v) is 20.0. The van der Waals surface area contributed by atoms with E-state index in [4.69, 9.17) is 4.74 Å². The summed E-state index contributed by atoms with van der Waals surface area (Å²) in [4.78, 5) is 10.8. The van der Waals surface area contributed by atoms with Crippen LogP contribution in [0.5, 0.6) is 5.75 Å². The van der Waals surface area contributed by atoms with Crippen LogP contribution >= 0.6 is 0 Å². The lowest BCUT2D eigenvalue weighted by Crippen LogP contribution is -2.30. The highest BCUT2D eigenvalue weighted by Gasteiger charge is 2.31. The number of anilines is 2. The van der Waals surface area contributed by atoms with Gasteiger partial charge in [-0.15, -0.1) is 0 Å². The molecule has 2 atom stereocenters. The summed E-state index contributed by atoms with van der Waals surface area (Å²) in [5, 5.41) is 14.3. The number of likely N-dealkylation sites (N-methyl/N-ethyl adjacent to an activating group) is 1. The number of hydrogen-bond donors (Lipinski definition) is 2. The number of nitrogens with zero attached hydrogens (tertiary/aromatic N) is 4. The van der Waals surface area contributed by atoms with E-state index in [-0.39, 0.29) is 0 Å². The molecule has 10 heteroatoms. The summed E-state index contributed by atoms with van der Waals surface area (Å²) in [5.41, 5.74) is 2.75. The van der Waals surface area contributed by atoms with E-state index >= 15 is 0 Å². The number of aliphatic hydroxyl groups is 1. The number of halogens is 1. The van der Waals surface area contributed by atoms with E-state index in [0.717, 1.165) is 23.8 Å². The molecule has 0 aliphatic carbocycles. The Balaban J connectivity index is 1.49. The Morgan fingerprint density at radius 2 is 2.00 bits per heavy atom. The zero-order chi connectivity index (χ0) is 23.9. The summed E-state index contributed by atoms with van der Waals surface area (Å²) in [6.07, 6.45) is 2.22. The van der Waals surface area contributed by atoms with Crippen molar-refractivity contribution in [1.29, 1.82) is 0 Å². The third-order valence-corrected chi connectivity index (χ3v) is 8.66. The highest BCUT2D eigenvalue weighted by Crippen LogP contribution is 2.35. The van der Waals surface area contributed by atoms with Crippen LogP contribution < -0.4 is 10.1 Å². The van der Waals surface area contributed by atoms with E-state index in [0.29, 0.717) is 53.1 Å². The highest BCUT2D eigenvalue weighted by atomic mass is 32.2. The quantitative estimate of drug-likeness (QED) is 0.567. The summed E-state index contributed by atoms with van der Waals surface area (Å²) in [5.74, 6) is 1.68. The van der Waals surface area contributed by atoms with Crippen molar-refractivity contribution in [2.75, 3.05) is 37.0 Å². The van der Waals surface area contributed by atoms with Gasteiger partial charge in [-0.2, -0.15) is 4.36 Å². The van der Waals surface area contributed by atoms with Crippen LogP contribution in [0, 0.1) is 12.7 Å². The average Bonchev–Trinajstić information content (AvgIpc) is 3.34. The predicted molar refractivity (Wildman–Crippen MR) is 131 cm³/mol. The smallest absolute Gasteiger partial charge is 0.146 e. The average molecular weight is 486 g/mol. The third kappa shape index (κ3) is 4.70. The molecule has 0 amide bonds. The maximum absolute atomic E-state index is 14.1. The van der Waals surface area contributed by atoms with Crippen LogP contribution in [0.25, 0.3) is 10.9 Å². The molecule has 0 bridgehead atoms. The van der Waals surface area contributed by atoms with Gasteiger partial charge >= 0.3 is 0 Å². The van der Waals surface area contributed by atoms with Crippen LogP contribution in [-0.2, 0) is 9.73 Å². The molecule has 2 N–H and O–H groups in total. The van der Waals surface area contributed by atoms with Crippen molar-refractivity contribution in [2.45, 2.75) is 32.0 Å². The second-order valence-corrected chi connectivity index (χ2v) is 11.6. The third-order valence-electron chi connectivity index (χ3n) is 6.26. The van der Waals surface area contributed by atoms with Gasteiger partial charge in [-0.3, -0.25) is 4.90 Å². The molecule has 34 heavy (non-hydrogen) atoms. The van der Waals surface area contributed by atoms with Crippen LogP contribution in [0.3, 0.4) is 0 Å². The molecular formula is C24H28FN5O3S. The molecule has 5 rings (SSSR count). The standard InChI is InChI=1S/C24H28FN5O3S/c1-15-9-17(29-34(32)7-3-4-8-34)11-19-23(15)24(27-14-26-19)28-18-6-5-16(25)10-21(18)33-22-13-30(2)12-20(22)31/h5-6,9-11,14,20,22,31H,3-4,7-8,12-13H2,1-2H3,(H,26,27,28)/t20-,22-/m0/s1. The van der Waals surface area contributed by atoms with Gasteiger partial charge in [0, 0.05) is 36.0 Å². The van der Waals surface area contributed by atoms with Crippen LogP contribution in [0.15, 0.2) is 41.0 Å². The van der Waals surface area contributed by atoms with Gasteiger partial charge in [0.15, 0.2) is 0 Å². The minimum absolute atomic E-state index is 0.300. The molecule has 2 aliphatic heterocycles. The monoisotopic (exact) mass is 485 g/mol. The van der Waals surface area contributed by atoms with E-state index in [1.807, 2.05) is 31.0 Å². The molecule has 0 unspecified atom stereocenters. The molecule has 3 heterocycles. The summed E-state index contributed by atoms with van der Waals surface area (Å²) in [7, 11) is -0.291. The topological polar surface area (TPSA) is 99.9 Å². The van der Waals surface area contributed by atoms with Crippen molar-refractivity contribution >= 4 is 37.8 Å². The lowest BCUT2D eigenvalue weighted by molar-refractivity contribution is 0.0740. The summed E-state index contributed by atoms with van der Waals surface area (Å²) < 4.78 is 37.5. The van der Waals surface area contributed by atoms with Crippen molar-refractivity contribution in [1.82, 2.24) is 14.9 Å². The van der Waals surface area contributed by atoms with Crippen molar-refractivity contribution in [2.24, 2.45) is 4.36 Å². The second-order valence-electron chi connectivity index (χ2n) is 9.07. The fourth-order valence-corrected chi connectivity index (χ4v) is 6.79. The number of rotatable bonds is 5. The maximum Gasteiger partial charge on any atom is 0.146 e. The van der Waals surface area contributed by atoms with Gasteiger partial charge in [-0.25, -0.2) is 18.6 Å². The van der Waals surface area contributed by atoms with Gasteiger partial charge in [-0.1, -0.05) is 0 Å². The van der Waals surface area contributed by atoms with E-state index in [1.54, 1.807) is 6.07 Å². The fraction of sp³-hybridized carbons (Fsp3) is 0.417. The molecule has 0 saturated carbocycles. The first kappa shape index (κ1) is 22.9. The largest absolute Gasteiger partial charge is 0.484 e. The Bertz CT molecular complexity index is 1350. The Kier molecular flexibility index (Phi) is 6.13. The number of benzene rings is 2. The Labute approximate surface area is 198 Å². The molecular weight excluding hydrogens is 457 g/mol. The predicted octanol–water partition coefficient (Wildman–Crippen LogP) is 3.77. The summed E-state index contributed by atoms with van der Waals surface area (Å²) in [6.45, 7) is 2.98. The maximum atomic E-state index is 14.1. The number of β-amino-alcohol motifs (C(OH)–C–C–N with tert-alkyl or cyclic N) is 1. The first-order chi connectivity index (χ1) is 16.3. The summed E-state index contributed by atoms with van der Waals surface area (Å²) in [6, 6.07) is 7.96. The number of ether oxygens (including phenoxy) is 1. The van der Waals surface area contributed by atoms with Crippen molar-refractivity contribution < 1.29 is 18.4 Å². The lowest BCUT2D eigenvalue weighted by Gasteiger charge is -2.20. The van der Waals surface area contributed by atoms with Crippen LogP contribution in [0.4, 0.5) is 21.6 Å². The van der Waals surface area contributed by atoms with E-state index in [9.17, 15) is 13.7 Å². The van der Waals surface area contributed by atoms with Gasteiger partial charge < -0.3 is 15.2 Å². The SMILES string of the molecule is Cc1cc(N=S2(=O)CCCC2)cc2ncnc(Nc3ccc(F)cc3O[C@H]3CN(C)C[C@@H]3O)c12. The van der Waals surface area contributed by atoms with Gasteiger partial charge in [-0.05, 0) is 56.6 Å². The lowest BCUT2D eigenvalue weighted by atomic mass is 10.1. The van der Waals surface area contributed by atoms with Crippen LogP contribution in [0.2, 0.25) is 0 Å². The number of fused-ring (bicyclic) bond motifs is 1. The van der Waals surface area contributed by atoms with Crippen molar-refractivity contribution in [3.05, 3.63) is 48.0 Å². The van der Waals surface area contributed by atoms with Gasteiger partial charge in [0.05, 0.1) is 26.6 Å². The van der Waals surface area contributed by atoms with Crippen molar-refractivity contribution in [3.8, 4) is 5.75 Å². The molecule has 2 aliphatic rings. The molecule has 0 radical (unpaired) electrons. The Morgan fingerprint density at radius 1 is 1.21 bits per heavy atom. The number of likely N-dealkylation sites (tertiary alicyclic amines) is 1. The Hall–Kier alpha value is -2.82. The second kappa shape index (κ2) is 9.09. The highest BCUT2D eigenvalue weighted by molar-refractivity contribution is 7.93. The molecule has 8 nitrogen and oxygen atoms in total. The number of aryl methyl sites for hydroxylation is 1. The molecule has 180 valence electrons. The van der Waals surface area contributed by atoms with Gasteiger partial charge in [0.25, 0.3) is 0 Å². The van der Waals surface area contributed by atoms with Gasteiger partial charge in [0.2, 0.25) is 0 Å².